The number of halogens is 3. The van der Waals surface area contributed by atoms with Gasteiger partial charge in [-0.2, -0.15) is 0 Å². The molecule has 0 bridgehead atoms. The van der Waals surface area contributed by atoms with E-state index in [1.165, 1.54) is 30.5 Å². The molecule has 26 heavy (non-hydrogen) atoms. The zero-order valence-electron chi connectivity index (χ0n) is 13.3. The Balaban J connectivity index is 1.47. The minimum Gasteiger partial charge on any atom is -0.440 e. The van der Waals surface area contributed by atoms with Crippen molar-refractivity contribution >= 4 is 5.82 Å². The fraction of sp³-hybridized carbons (Fsp3) is 0.400. The van der Waals surface area contributed by atoms with Crippen molar-refractivity contribution in [3.05, 3.63) is 46.1 Å². The lowest BCUT2D eigenvalue weighted by atomic mass is 10.2. The van der Waals surface area contributed by atoms with Crippen molar-refractivity contribution in [1.82, 2.24) is 9.55 Å². The van der Waals surface area contributed by atoms with Gasteiger partial charge in [0.25, 0.3) is 0 Å². The molecule has 1 aliphatic heterocycles. The summed E-state index contributed by atoms with van der Waals surface area (Å²) in [5.41, 5.74) is 0.674. The van der Waals surface area contributed by atoms with Crippen LogP contribution >= 0.6 is 0 Å². The van der Waals surface area contributed by atoms with Gasteiger partial charge in [0.15, 0.2) is 0 Å². The Labute approximate surface area is 145 Å². The van der Waals surface area contributed by atoms with Gasteiger partial charge < -0.3 is 24.3 Å². The van der Waals surface area contributed by atoms with E-state index in [1.807, 2.05) is 0 Å². The molecule has 2 aromatic rings. The zero-order chi connectivity index (χ0) is 18.7. The molecule has 2 heterocycles. The van der Waals surface area contributed by atoms with Crippen LogP contribution in [0.3, 0.4) is 0 Å². The minimum atomic E-state index is -4.73. The van der Waals surface area contributed by atoms with Crippen LogP contribution in [0, 0.1) is 10.1 Å². The predicted molar refractivity (Wildman–Crippen MR) is 80.7 cm³/mol. The maximum Gasteiger partial charge on any atom is 0.573 e. The summed E-state index contributed by atoms with van der Waals surface area (Å²) >= 11 is 0. The summed E-state index contributed by atoms with van der Waals surface area (Å²) in [6.07, 6.45) is -3.12. The third-order valence-corrected chi connectivity index (χ3v) is 3.61. The summed E-state index contributed by atoms with van der Waals surface area (Å²) in [5.74, 6) is -0.576. The van der Waals surface area contributed by atoms with Gasteiger partial charge in [-0.15, -0.1) is 13.2 Å². The molecule has 0 N–H and O–H groups in total. The highest BCUT2D eigenvalue weighted by Crippen LogP contribution is 2.25. The highest BCUT2D eigenvalue weighted by atomic mass is 19.4. The van der Waals surface area contributed by atoms with Crippen LogP contribution in [0.5, 0.6) is 11.8 Å². The first kappa shape index (κ1) is 18.0. The number of ether oxygens (including phenoxy) is 3. The van der Waals surface area contributed by atoms with Crippen molar-refractivity contribution in [3.8, 4) is 11.8 Å². The van der Waals surface area contributed by atoms with Crippen LogP contribution in [0.15, 0.2) is 30.5 Å². The molecule has 0 saturated heterocycles. The lowest BCUT2D eigenvalue weighted by Gasteiger charge is -2.21. The van der Waals surface area contributed by atoms with E-state index in [4.69, 9.17) is 9.47 Å². The topological polar surface area (TPSA) is 88.7 Å². The number of aromatic nitrogens is 2. The molecule has 8 nitrogen and oxygen atoms in total. The van der Waals surface area contributed by atoms with Crippen molar-refractivity contribution in [3.63, 3.8) is 0 Å². The molecule has 0 amide bonds. The number of benzene rings is 1. The molecule has 0 fully saturated rings. The van der Waals surface area contributed by atoms with E-state index < -0.39 is 11.3 Å². The molecule has 0 saturated carbocycles. The van der Waals surface area contributed by atoms with E-state index in [1.54, 1.807) is 4.57 Å². The number of alkyl halides is 3. The summed E-state index contributed by atoms with van der Waals surface area (Å²) in [7, 11) is 0. The van der Waals surface area contributed by atoms with E-state index in [0.717, 1.165) is 0 Å². The molecular formula is C15H14F3N3O5. The van der Waals surface area contributed by atoms with Crippen LogP contribution in [-0.4, -0.2) is 33.5 Å². The van der Waals surface area contributed by atoms with Gasteiger partial charge >= 0.3 is 18.2 Å². The average molecular weight is 373 g/mol. The van der Waals surface area contributed by atoms with Crippen molar-refractivity contribution < 1.29 is 32.3 Å². The van der Waals surface area contributed by atoms with Crippen molar-refractivity contribution in [2.45, 2.75) is 32.0 Å². The first-order chi connectivity index (χ1) is 12.3. The molecule has 0 spiro atoms. The molecule has 11 heteroatoms. The second kappa shape index (κ2) is 7.20. The van der Waals surface area contributed by atoms with Crippen LogP contribution in [0.4, 0.5) is 19.0 Å². The summed E-state index contributed by atoms with van der Waals surface area (Å²) < 4.78 is 52.7. The maximum atomic E-state index is 12.1. The zero-order valence-corrected chi connectivity index (χ0v) is 13.3. The van der Waals surface area contributed by atoms with Gasteiger partial charge in [0.1, 0.15) is 18.1 Å². The molecule has 0 radical (unpaired) electrons. The van der Waals surface area contributed by atoms with Crippen LogP contribution < -0.4 is 9.47 Å². The second-order valence-electron chi connectivity index (χ2n) is 5.57. The average Bonchev–Trinajstić information content (AvgIpc) is 2.99. The Bertz CT molecular complexity index is 776. The normalized spacial score (nSPS) is 16.7. The number of fused-ring (bicyclic) bond motifs is 1. The molecule has 1 aromatic carbocycles. The maximum absolute atomic E-state index is 12.1. The van der Waals surface area contributed by atoms with E-state index in [2.05, 4.69) is 9.72 Å². The minimum absolute atomic E-state index is 0.171. The number of imidazole rings is 1. The number of hydrogen-bond acceptors (Lipinski definition) is 6. The number of nitrogens with zero attached hydrogens (tertiary/aromatic N) is 3. The largest absolute Gasteiger partial charge is 0.573 e. The van der Waals surface area contributed by atoms with Crippen LogP contribution in [0.25, 0.3) is 0 Å². The smallest absolute Gasteiger partial charge is 0.440 e. The number of nitro groups is 1. The highest BCUT2D eigenvalue weighted by Gasteiger charge is 2.31. The SMILES string of the molecule is O=[N+]([O-])c1cn2c(n1)O[C@H](COCc1ccc(OC(F)(F)F)cc1)CC2. The van der Waals surface area contributed by atoms with E-state index >= 15 is 0 Å². The highest BCUT2D eigenvalue weighted by molar-refractivity contribution is 5.27. The molecule has 3 rings (SSSR count). The fourth-order valence-electron chi connectivity index (χ4n) is 2.43. The quantitative estimate of drug-likeness (QED) is 0.571. The molecule has 1 atom stereocenters. The molecule has 0 unspecified atom stereocenters. The Morgan fingerprint density at radius 3 is 2.73 bits per heavy atom. The van der Waals surface area contributed by atoms with E-state index in [9.17, 15) is 23.3 Å². The Hall–Kier alpha value is -2.82. The third-order valence-electron chi connectivity index (χ3n) is 3.61. The first-order valence-corrected chi connectivity index (χ1v) is 7.61. The number of hydrogen-bond donors (Lipinski definition) is 0. The van der Waals surface area contributed by atoms with Gasteiger partial charge in [0.05, 0.1) is 13.2 Å². The predicted octanol–water partition coefficient (Wildman–Crippen LogP) is 3.06. The molecule has 140 valence electrons. The lowest BCUT2D eigenvalue weighted by Crippen LogP contribution is -2.30. The number of aryl methyl sites for hydroxylation is 1. The van der Waals surface area contributed by atoms with Gasteiger partial charge in [0.2, 0.25) is 0 Å². The molecule has 1 aliphatic rings. The van der Waals surface area contributed by atoms with Crippen LogP contribution in [-0.2, 0) is 17.9 Å². The second-order valence-corrected chi connectivity index (χ2v) is 5.57. The van der Waals surface area contributed by atoms with Gasteiger partial charge in [-0.1, -0.05) is 12.1 Å². The summed E-state index contributed by atoms with van der Waals surface area (Å²) in [6.45, 7) is 0.926. The van der Waals surface area contributed by atoms with E-state index in [0.29, 0.717) is 18.5 Å². The monoisotopic (exact) mass is 373 g/mol. The van der Waals surface area contributed by atoms with Gasteiger partial charge in [-0.05, 0) is 22.6 Å². The third kappa shape index (κ3) is 4.63. The Morgan fingerprint density at radius 1 is 1.35 bits per heavy atom. The van der Waals surface area contributed by atoms with Crippen LogP contribution in [0.2, 0.25) is 0 Å². The molecule has 0 aliphatic carbocycles. The number of rotatable bonds is 6. The fourth-order valence-corrected chi connectivity index (χ4v) is 2.43. The summed E-state index contributed by atoms with van der Waals surface area (Å²) in [6, 6.07) is 5.53. The summed E-state index contributed by atoms with van der Waals surface area (Å²) in [4.78, 5) is 13.9. The van der Waals surface area contributed by atoms with E-state index in [-0.39, 0.29) is 36.9 Å². The first-order valence-electron chi connectivity index (χ1n) is 7.61. The molecule has 1 aromatic heterocycles. The van der Waals surface area contributed by atoms with Crippen LogP contribution in [0.1, 0.15) is 12.0 Å². The lowest BCUT2D eigenvalue weighted by molar-refractivity contribution is -0.389. The standard InChI is InChI=1S/C15H14F3N3O5/c16-15(17,18)26-11-3-1-10(2-4-11)8-24-9-12-5-6-20-7-13(21(22)23)19-14(20)25-12/h1-4,7,12H,5-6,8-9H2/t12-/m0/s1. The Kier molecular flexibility index (Phi) is 4.98. The van der Waals surface area contributed by atoms with Gasteiger partial charge in [-0.3, -0.25) is 4.57 Å². The Morgan fingerprint density at radius 2 is 2.08 bits per heavy atom. The van der Waals surface area contributed by atoms with Crippen molar-refractivity contribution in [2.24, 2.45) is 0 Å². The van der Waals surface area contributed by atoms with Crippen molar-refractivity contribution in [2.75, 3.05) is 6.61 Å². The van der Waals surface area contributed by atoms with Crippen molar-refractivity contribution in [1.29, 1.82) is 0 Å². The summed E-state index contributed by atoms with van der Waals surface area (Å²) in [5, 5.41) is 10.7. The molecular weight excluding hydrogens is 359 g/mol. The van der Waals surface area contributed by atoms with Gasteiger partial charge in [-0.25, -0.2) is 0 Å². The van der Waals surface area contributed by atoms with Gasteiger partial charge in [0, 0.05) is 17.9 Å².